The Morgan fingerprint density at radius 3 is 2.15 bits per heavy atom. The van der Waals surface area contributed by atoms with Crippen molar-refractivity contribution in [2.75, 3.05) is 13.7 Å². The Morgan fingerprint density at radius 2 is 1.85 bits per heavy atom. The molecule has 0 rings (SSSR count). The molecule has 0 spiro atoms. The van der Waals surface area contributed by atoms with E-state index in [0.29, 0.717) is 6.54 Å². The molecule has 0 aliphatic carbocycles. The van der Waals surface area contributed by atoms with Crippen molar-refractivity contribution in [3.8, 4) is 0 Å². The molecule has 3 nitrogen and oxygen atoms in total. The Bertz CT molecular complexity index is 133. The molecule has 1 amide bonds. The van der Waals surface area contributed by atoms with Crippen molar-refractivity contribution in [2.24, 2.45) is 0 Å². The minimum atomic E-state index is -0.699. The van der Waals surface area contributed by atoms with Gasteiger partial charge in [0.2, 0.25) is 0 Å². The quantitative estimate of drug-likeness (QED) is 0.734. The maximum atomic E-state index is 11.2. The van der Waals surface area contributed by atoms with E-state index in [4.69, 9.17) is 4.74 Å². The summed E-state index contributed by atoms with van der Waals surface area (Å²) >= 11 is 0. The first-order valence-electron chi connectivity index (χ1n) is 4.88. The second-order valence-corrected chi connectivity index (χ2v) is 2.97. The average Bonchev–Trinajstić information content (AvgIpc) is 2.17. The number of carbonyl (C=O) groups is 1. The smallest absolute Gasteiger partial charge is 0.251 e. The minimum absolute atomic E-state index is 0.0538. The van der Waals surface area contributed by atoms with E-state index in [0.717, 1.165) is 6.42 Å². The Kier molecular flexibility index (Phi) is 9.24. The number of carbonyl (C=O) groups excluding carboxylic acids is 1. The van der Waals surface area contributed by atoms with Crippen LogP contribution in [0.2, 0.25) is 0 Å². The standard InChI is InChI=1S/C8H17NO2.C2H6/c1-5-6-9-7(10)8(2,3)11-4;1-2/h5-6H2,1-4H3,(H,9,10);1-2H3. The summed E-state index contributed by atoms with van der Waals surface area (Å²) < 4.78 is 4.98. The van der Waals surface area contributed by atoms with Crippen LogP contribution in [0.3, 0.4) is 0 Å². The third kappa shape index (κ3) is 6.58. The fourth-order valence-corrected chi connectivity index (χ4v) is 0.544. The highest BCUT2D eigenvalue weighted by atomic mass is 16.5. The van der Waals surface area contributed by atoms with Crippen LogP contribution in [-0.4, -0.2) is 25.2 Å². The second-order valence-electron chi connectivity index (χ2n) is 2.97. The van der Waals surface area contributed by atoms with E-state index in [9.17, 15) is 4.79 Å². The van der Waals surface area contributed by atoms with Crippen LogP contribution < -0.4 is 5.32 Å². The first-order valence-corrected chi connectivity index (χ1v) is 4.88. The number of methoxy groups -OCH3 is 1. The molecule has 0 fully saturated rings. The van der Waals surface area contributed by atoms with Gasteiger partial charge in [-0.2, -0.15) is 0 Å². The summed E-state index contributed by atoms with van der Waals surface area (Å²) in [7, 11) is 1.53. The molecule has 0 bridgehead atoms. The molecule has 0 unspecified atom stereocenters. The van der Waals surface area contributed by atoms with Crippen LogP contribution in [0.5, 0.6) is 0 Å². The minimum Gasteiger partial charge on any atom is -0.369 e. The summed E-state index contributed by atoms with van der Waals surface area (Å²) in [6.45, 7) is 10.2. The van der Waals surface area contributed by atoms with Crippen molar-refractivity contribution < 1.29 is 9.53 Å². The Labute approximate surface area is 81.9 Å². The van der Waals surface area contributed by atoms with Gasteiger partial charge in [-0.1, -0.05) is 20.8 Å². The number of rotatable bonds is 4. The van der Waals surface area contributed by atoms with Crippen molar-refractivity contribution in [2.45, 2.75) is 46.6 Å². The van der Waals surface area contributed by atoms with Gasteiger partial charge in [0, 0.05) is 13.7 Å². The van der Waals surface area contributed by atoms with Crippen LogP contribution in [-0.2, 0) is 9.53 Å². The van der Waals surface area contributed by atoms with E-state index in [1.54, 1.807) is 13.8 Å². The highest BCUT2D eigenvalue weighted by Crippen LogP contribution is 2.06. The highest BCUT2D eigenvalue weighted by molar-refractivity contribution is 5.84. The largest absolute Gasteiger partial charge is 0.369 e. The molecule has 0 heterocycles. The molecule has 0 aromatic heterocycles. The van der Waals surface area contributed by atoms with Crippen LogP contribution in [0.4, 0.5) is 0 Å². The van der Waals surface area contributed by atoms with Crippen LogP contribution in [0.1, 0.15) is 41.0 Å². The molecule has 13 heavy (non-hydrogen) atoms. The summed E-state index contributed by atoms with van der Waals surface area (Å²) in [6, 6.07) is 0. The molecule has 1 N–H and O–H groups in total. The zero-order valence-corrected chi connectivity index (χ0v) is 9.73. The van der Waals surface area contributed by atoms with Gasteiger partial charge >= 0.3 is 0 Å². The van der Waals surface area contributed by atoms with Gasteiger partial charge in [-0.05, 0) is 20.3 Å². The van der Waals surface area contributed by atoms with E-state index < -0.39 is 5.60 Å². The molecule has 0 aromatic rings. The van der Waals surface area contributed by atoms with Crippen molar-refractivity contribution in [1.82, 2.24) is 5.32 Å². The van der Waals surface area contributed by atoms with Crippen LogP contribution in [0, 0.1) is 0 Å². The lowest BCUT2D eigenvalue weighted by molar-refractivity contribution is -0.139. The van der Waals surface area contributed by atoms with Gasteiger partial charge in [0.05, 0.1) is 0 Å². The SMILES string of the molecule is CC.CCCNC(=O)C(C)(C)OC. The molecule has 3 heteroatoms. The number of nitrogens with one attached hydrogen (secondary N) is 1. The van der Waals surface area contributed by atoms with Gasteiger partial charge in [-0.25, -0.2) is 0 Å². The number of hydrogen-bond donors (Lipinski definition) is 1. The van der Waals surface area contributed by atoms with Crippen LogP contribution in [0.25, 0.3) is 0 Å². The van der Waals surface area contributed by atoms with Crippen LogP contribution in [0.15, 0.2) is 0 Å². The lowest BCUT2D eigenvalue weighted by Gasteiger charge is -2.21. The lowest BCUT2D eigenvalue weighted by Crippen LogP contribution is -2.43. The number of hydrogen-bond acceptors (Lipinski definition) is 2. The molecule has 0 aliphatic rings. The Hall–Kier alpha value is -0.570. The third-order valence-electron chi connectivity index (χ3n) is 1.59. The van der Waals surface area contributed by atoms with E-state index in [1.807, 2.05) is 20.8 Å². The monoisotopic (exact) mass is 189 g/mol. The van der Waals surface area contributed by atoms with Gasteiger partial charge in [0.1, 0.15) is 5.60 Å². The van der Waals surface area contributed by atoms with Gasteiger partial charge in [0.25, 0.3) is 5.91 Å². The number of amides is 1. The molecular weight excluding hydrogens is 166 g/mol. The zero-order chi connectivity index (χ0) is 10.9. The van der Waals surface area contributed by atoms with Crippen molar-refractivity contribution >= 4 is 5.91 Å². The third-order valence-corrected chi connectivity index (χ3v) is 1.59. The zero-order valence-electron chi connectivity index (χ0n) is 9.73. The molecule has 0 radical (unpaired) electrons. The second kappa shape index (κ2) is 8.05. The van der Waals surface area contributed by atoms with Crippen molar-refractivity contribution in [1.29, 1.82) is 0 Å². The fraction of sp³-hybridized carbons (Fsp3) is 0.900. The predicted molar refractivity (Wildman–Crippen MR) is 55.7 cm³/mol. The summed E-state index contributed by atoms with van der Waals surface area (Å²) in [6.07, 6.45) is 0.950. The lowest BCUT2D eigenvalue weighted by atomic mass is 10.1. The van der Waals surface area contributed by atoms with Gasteiger partial charge in [-0.15, -0.1) is 0 Å². The number of ether oxygens (including phenoxy) is 1. The normalized spacial score (nSPS) is 10.0. The highest BCUT2D eigenvalue weighted by Gasteiger charge is 2.25. The molecule has 0 atom stereocenters. The van der Waals surface area contributed by atoms with Crippen molar-refractivity contribution in [3.05, 3.63) is 0 Å². The molecule has 0 saturated heterocycles. The topological polar surface area (TPSA) is 38.3 Å². The molecule has 0 saturated carbocycles. The molecule has 0 aliphatic heterocycles. The van der Waals surface area contributed by atoms with Gasteiger partial charge < -0.3 is 10.1 Å². The summed E-state index contributed by atoms with van der Waals surface area (Å²) in [5.74, 6) is -0.0538. The van der Waals surface area contributed by atoms with Crippen LogP contribution >= 0.6 is 0 Å². The molecule has 0 aromatic carbocycles. The van der Waals surface area contributed by atoms with E-state index in [-0.39, 0.29) is 5.91 Å². The summed E-state index contributed by atoms with van der Waals surface area (Å²) in [5, 5.41) is 2.76. The Morgan fingerprint density at radius 1 is 1.38 bits per heavy atom. The van der Waals surface area contributed by atoms with Crippen molar-refractivity contribution in [3.63, 3.8) is 0 Å². The molecule has 80 valence electrons. The van der Waals surface area contributed by atoms with Gasteiger partial charge in [0.15, 0.2) is 0 Å². The van der Waals surface area contributed by atoms with E-state index in [1.165, 1.54) is 7.11 Å². The molecular formula is C10H23NO2. The Balaban J connectivity index is 0. The first kappa shape index (κ1) is 14.9. The van der Waals surface area contributed by atoms with E-state index >= 15 is 0 Å². The summed E-state index contributed by atoms with van der Waals surface area (Å²) in [4.78, 5) is 11.2. The fourth-order valence-electron chi connectivity index (χ4n) is 0.544. The van der Waals surface area contributed by atoms with E-state index in [2.05, 4.69) is 5.32 Å². The summed E-state index contributed by atoms with van der Waals surface area (Å²) in [5.41, 5.74) is -0.699. The first-order chi connectivity index (χ1) is 6.04. The maximum Gasteiger partial charge on any atom is 0.251 e. The van der Waals surface area contributed by atoms with Gasteiger partial charge in [-0.3, -0.25) is 4.79 Å². The predicted octanol–water partition coefficient (Wildman–Crippen LogP) is 1.96. The average molecular weight is 189 g/mol. The maximum absolute atomic E-state index is 11.2.